The van der Waals surface area contributed by atoms with Crippen molar-refractivity contribution < 1.29 is 8.42 Å². The predicted molar refractivity (Wildman–Crippen MR) is 70.5 cm³/mol. The number of nitrogens with zero attached hydrogens (tertiary/aromatic N) is 2. The fraction of sp³-hybridized carbons (Fsp3) is 0.727. The Morgan fingerprint density at radius 3 is 2.50 bits per heavy atom. The number of hydrogen-bond acceptors (Lipinski definition) is 4. The van der Waals surface area contributed by atoms with Gasteiger partial charge in [0.15, 0.2) is 5.03 Å². The van der Waals surface area contributed by atoms with Crippen molar-refractivity contribution in [1.82, 2.24) is 14.5 Å². The van der Waals surface area contributed by atoms with Gasteiger partial charge in [0.2, 0.25) is 0 Å². The molecule has 0 atom stereocenters. The molecule has 0 amide bonds. The van der Waals surface area contributed by atoms with E-state index in [0.717, 1.165) is 0 Å². The van der Waals surface area contributed by atoms with Crippen LogP contribution in [0.15, 0.2) is 5.03 Å². The molecule has 0 unspecified atom stereocenters. The van der Waals surface area contributed by atoms with E-state index in [0.29, 0.717) is 24.3 Å². The number of aromatic nitrogens is 2. The highest BCUT2D eigenvalue weighted by molar-refractivity contribution is 7.89. The zero-order valence-corrected chi connectivity index (χ0v) is 12.2. The first-order valence-corrected chi connectivity index (χ1v) is 7.52. The molecule has 1 aromatic heterocycles. The van der Waals surface area contributed by atoms with Gasteiger partial charge in [0.05, 0.1) is 0 Å². The molecule has 6 nitrogen and oxygen atoms in total. The topological polar surface area (TPSA) is 92.1 Å². The molecule has 0 fully saturated rings. The summed E-state index contributed by atoms with van der Waals surface area (Å²) in [6.07, 6.45) is 0. The molecule has 0 radical (unpaired) electrons. The maximum absolute atomic E-state index is 12.5. The summed E-state index contributed by atoms with van der Waals surface area (Å²) in [5.41, 5.74) is 6.86. The smallest absolute Gasteiger partial charge is 0.262 e. The van der Waals surface area contributed by atoms with Gasteiger partial charge in [-0.3, -0.25) is 5.10 Å². The number of H-pyrrole nitrogens is 1. The zero-order valence-electron chi connectivity index (χ0n) is 11.4. The van der Waals surface area contributed by atoms with Crippen molar-refractivity contribution in [3.8, 4) is 0 Å². The summed E-state index contributed by atoms with van der Waals surface area (Å²) in [7, 11) is -3.56. The van der Waals surface area contributed by atoms with Gasteiger partial charge in [0.1, 0.15) is 0 Å². The Morgan fingerprint density at radius 2 is 2.06 bits per heavy atom. The van der Waals surface area contributed by atoms with Gasteiger partial charge in [-0.05, 0) is 12.8 Å². The van der Waals surface area contributed by atoms with E-state index in [1.807, 2.05) is 20.8 Å². The van der Waals surface area contributed by atoms with Crippen LogP contribution in [0.25, 0.3) is 0 Å². The van der Waals surface area contributed by atoms with Crippen molar-refractivity contribution in [2.75, 3.05) is 13.1 Å². The molecule has 0 bridgehead atoms. The Balaban J connectivity index is 3.19. The lowest BCUT2D eigenvalue weighted by Gasteiger charge is -2.21. The van der Waals surface area contributed by atoms with Crippen molar-refractivity contribution in [3.63, 3.8) is 0 Å². The first kappa shape index (κ1) is 15.1. The number of nitrogens with one attached hydrogen (secondary N) is 1. The summed E-state index contributed by atoms with van der Waals surface area (Å²) in [5, 5.41) is 6.65. The van der Waals surface area contributed by atoms with Gasteiger partial charge in [-0.1, -0.05) is 20.8 Å². The molecule has 1 heterocycles. The summed E-state index contributed by atoms with van der Waals surface area (Å²) in [6, 6.07) is 0. The van der Waals surface area contributed by atoms with E-state index in [1.54, 1.807) is 6.92 Å². The molecule has 0 saturated carbocycles. The van der Waals surface area contributed by atoms with Gasteiger partial charge in [0.25, 0.3) is 10.0 Å². The van der Waals surface area contributed by atoms with Crippen LogP contribution in [-0.2, 0) is 16.6 Å². The number of aryl methyl sites for hydroxylation is 1. The van der Waals surface area contributed by atoms with Crippen molar-refractivity contribution in [3.05, 3.63) is 11.3 Å². The van der Waals surface area contributed by atoms with Crippen LogP contribution in [-0.4, -0.2) is 36.0 Å². The summed E-state index contributed by atoms with van der Waals surface area (Å²) < 4.78 is 26.4. The van der Waals surface area contributed by atoms with Crippen LogP contribution in [0, 0.1) is 12.8 Å². The lowest BCUT2D eigenvalue weighted by Crippen LogP contribution is -2.35. The third-order valence-electron chi connectivity index (χ3n) is 2.75. The van der Waals surface area contributed by atoms with E-state index >= 15 is 0 Å². The van der Waals surface area contributed by atoms with Crippen molar-refractivity contribution in [2.45, 2.75) is 39.3 Å². The predicted octanol–water partition coefficient (Wildman–Crippen LogP) is 0.843. The molecular formula is C11H22N4O2S. The van der Waals surface area contributed by atoms with Gasteiger partial charge in [0, 0.05) is 30.9 Å². The van der Waals surface area contributed by atoms with Crippen LogP contribution in [0.1, 0.15) is 32.0 Å². The molecule has 7 heteroatoms. The van der Waals surface area contributed by atoms with Crippen LogP contribution in [0.4, 0.5) is 0 Å². The number of hydrogen-bond donors (Lipinski definition) is 2. The molecule has 1 aromatic rings. The van der Waals surface area contributed by atoms with Gasteiger partial charge < -0.3 is 5.73 Å². The fourth-order valence-corrected chi connectivity index (χ4v) is 3.60. The van der Waals surface area contributed by atoms with E-state index < -0.39 is 10.0 Å². The summed E-state index contributed by atoms with van der Waals surface area (Å²) in [4.78, 5) is 0. The average Bonchev–Trinajstić information content (AvgIpc) is 2.67. The first-order chi connectivity index (χ1) is 8.34. The van der Waals surface area contributed by atoms with Crippen LogP contribution in [0.2, 0.25) is 0 Å². The Kier molecular flexibility index (Phi) is 4.89. The first-order valence-electron chi connectivity index (χ1n) is 6.08. The SMILES string of the molecule is CCN(CC(C)C)S(=O)(=O)c1n[nH]c(C)c1CN. The maximum atomic E-state index is 12.5. The second-order valence-corrected chi connectivity index (χ2v) is 6.54. The third kappa shape index (κ3) is 2.90. The van der Waals surface area contributed by atoms with Crippen molar-refractivity contribution in [2.24, 2.45) is 11.7 Å². The van der Waals surface area contributed by atoms with Crippen molar-refractivity contribution >= 4 is 10.0 Å². The minimum absolute atomic E-state index is 0.0602. The third-order valence-corrected chi connectivity index (χ3v) is 4.66. The van der Waals surface area contributed by atoms with Crippen LogP contribution < -0.4 is 5.73 Å². The number of sulfonamides is 1. The molecule has 0 aliphatic heterocycles. The van der Waals surface area contributed by atoms with Crippen LogP contribution >= 0.6 is 0 Å². The Labute approximate surface area is 109 Å². The summed E-state index contributed by atoms with van der Waals surface area (Å²) in [6.45, 7) is 8.63. The highest BCUT2D eigenvalue weighted by Crippen LogP contribution is 2.20. The second-order valence-electron chi connectivity index (χ2n) is 4.69. The highest BCUT2D eigenvalue weighted by Gasteiger charge is 2.29. The molecular weight excluding hydrogens is 252 g/mol. The lowest BCUT2D eigenvalue weighted by molar-refractivity contribution is 0.379. The van der Waals surface area contributed by atoms with E-state index in [9.17, 15) is 8.42 Å². The molecule has 0 saturated heterocycles. The lowest BCUT2D eigenvalue weighted by atomic mass is 10.2. The molecule has 18 heavy (non-hydrogen) atoms. The number of aromatic amines is 1. The number of nitrogens with two attached hydrogens (primary N) is 1. The number of rotatable bonds is 6. The minimum Gasteiger partial charge on any atom is -0.326 e. The molecule has 0 spiro atoms. The van der Waals surface area contributed by atoms with Gasteiger partial charge in [-0.15, -0.1) is 0 Å². The molecule has 3 N–H and O–H groups in total. The van der Waals surface area contributed by atoms with E-state index in [1.165, 1.54) is 4.31 Å². The minimum atomic E-state index is -3.56. The molecule has 104 valence electrons. The highest BCUT2D eigenvalue weighted by atomic mass is 32.2. The largest absolute Gasteiger partial charge is 0.326 e. The van der Waals surface area contributed by atoms with Gasteiger partial charge >= 0.3 is 0 Å². The summed E-state index contributed by atoms with van der Waals surface area (Å²) >= 11 is 0. The van der Waals surface area contributed by atoms with E-state index in [2.05, 4.69) is 10.2 Å². The Hall–Kier alpha value is -0.920. The summed E-state index contributed by atoms with van der Waals surface area (Å²) in [5.74, 6) is 0.265. The second kappa shape index (κ2) is 5.81. The maximum Gasteiger partial charge on any atom is 0.262 e. The zero-order chi connectivity index (χ0) is 13.9. The van der Waals surface area contributed by atoms with Crippen LogP contribution in [0.5, 0.6) is 0 Å². The van der Waals surface area contributed by atoms with Gasteiger partial charge in [-0.2, -0.15) is 9.40 Å². The normalized spacial score (nSPS) is 12.6. The average molecular weight is 274 g/mol. The standard InChI is InChI=1S/C11H22N4O2S/c1-5-15(7-8(2)3)18(16,17)11-10(6-12)9(4)13-14-11/h8H,5-7,12H2,1-4H3,(H,13,14). The van der Waals surface area contributed by atoms with Gasteiger partial charge in [-0.25, -0.2) is 8.42 Å². The molecule has 1 rings (SSSR count). The van der Waals surface area contributed by atoms with E-state index in [4.69, 9.17) is 5.73 Å². The Bertz CT molecular complexity index is 493. The fourth-order valence-electron chi connectivity index (χ4n) is 1.81. The quantitative estimate of drug-likeness (QED) is 0.804. The monoisotopic (exact) mass is 274 g/mol. The molecule has 0 aliphatic rings. The molecule has 0 aliphatic carbocycles. The van der Waals surface area contributed by atoms with Crippen LogP contribution in [0.3, 0.4) is 0 Å². The Morgan fingerprint density at radius 1 is 1.44 bits per heavy atom. The molecule has 0 aromatic carbocycles. The van der Waals surface area contributed by atoms with E-state index in [-0.39, 0.29) is 17.5 Å². The van der Waals surface area contributed by atoms with Crippen molar-refractivity contribution in [1.29, 1.82) is 0 Å².